The van der Waals surface area contributed by atoms with E-state index in [0.717, 1.165) is 18.5 Å². The van der Waals surface area contributed by atoms with Crippen molar-refractivity contribution in [3.63, 3.8) is 0 Å². The molecule has 0 bridgehead atoms. The van der Waals surface area contributed by atoms with E-state index in [1.807, 2.05) is 30.3 Å². The van der Waals surface area contributed by atoms with Crippen molar-refractivity contribution in [2.45, 2.75) is 57.4 Å². The van der Waals surface area contributed by atoms with Gasteiger partial charge in [0.2, 0.25) is 11.8 Å². The predicted octanol–water partition coefficient (Wildman–Crippen LogP) is 4.52. The van der Waals surface area contributed by atoms with Crippen LogP contribution in [-0.4, -0.2) is 30.3 Å². The van der Waals surface area contributed by atoms with Gasteiger partial charge in [-0.1, -0.05) is 50.3 Å². The number of carbonyl (C=O) groups excluding carboxylic acids is 3. The molecule has 1 heterocycles. The average Bonchev–Trinajstić information content (AvgIpc) is 3.18. The van der Waals surface area contributed by atoms with Gasteiger partial charge in [0.1, 0.15) is 0 Å². The first-order valence-electron chi connectivity index (χ1n) is 11.7. The monoisotopic (exact) mass is 433 g/mol. The van der Waals surface area contributed by atoms with Crippen LogP contribution in [-0.2, 0) is 9.59 Å². The van der Waals surface area contributed by atoms with Crippen LogP contribution in [0.5, 0.6) is 0 Å². The first kappa shape index (κ1) is 22.1. The first-order chi connectivity index (χ1) is 15.6. The fourth-order valence-corrected chi connectivity index (χ4v) is 4.56. The Bertz CT molecular complexity index is 935. The number of para-hydroxylation sites is 1. The van der Waals surface area contributed by atoms with Crippen molar-refractivity contribution in [2.75, 3.05) is 16.8 Å². The van der Waals surface area contributed by atoms with E-state index in [2.05, 4.69) is 10.6 Å². The minimum absolute atomic E-state index is 0.0439. The number of rotatable bonds is 5. The number of anilines is 2. The van der Waals surface area contributed by atoms with E-state index in [4.69, 9.17) is 0 Å². The van der Waals surface area contributed by atoms with E-state index >= 15 is 0 Å². The zero-order valence-electron chi connectivity index (χ0n) is 18.4. The highest BCUT2D eigenvalue weighted by molar-refractivity contribution is 6.03. The average molecular weight is 434 g/mol. The zero-order valence-corrected chi connectivity index (χ0v) is 18.4. The summed E-state index contributed by atoms with van der Waals surface area (Å²) < 4.78 is 0. The van der Waals surface area contributed by atoms with Gasteiger partial charge in [0.05, 0.1) is 5.92 Å². The molecular formula is C26H31N3O3. The standard InChI is InChI=1S/C26H31N3O3/c30-24-17-20(18-29(24)23-11-7-4-8-12-23)26(32)28-22-15-13-19(14-16-22)25(31)27-21-9-5-2-1-3-6-10-21/h4,7-8,11-16,20-21H,1-3,5-6,9-10,17-18H2,(H,27,31)(H,28,32). The van der Waals surface area contributed by atoms with Gasteiger partial charge in [-0.2, -0.15) is 0 Å². The highest BCUT2D eigenvalue weighted by Gasteiger charge is 2.35. The van der Waals surface area contributed by atoms with Crippen LogP contribution in [0.2, 0.25) is 0 Å². The van der Waals surface area contributed by atoms with Crippen LogP contribution in [0.15, 0.2) is 54.6 Å². The number of nitrogens with one attached hydrogen (secondary N) is 2. The molecule has 6 nitrogen and oxygen atoms in total. The van der Waals surface area contributed by atoms with Crippen LogP contribution in [0.25, 0.3) is 0 Å². The van der Waals surface area contributed by atoms with Gasteiger partial charge in [-0.05, 0) is 49.2 Å². The summed E-state index contributed by atoms with van der Waals surface area (Å²) in [7, 11) is 0. The topological polar surface area (TPSA) is 78.5 Å². The third-order valence-electron chi connectivity index (χ3n) is 6.42. The molecule has 2 N–H and O–H groups in total. The highest BCUT2D eigenvalue weighted by Crippen LogP contribution is 2.26. The molecule has 1 saturated heterocycles. The van der Waals surface area contributed by atoms with Crippen molar-refractivity contribution in [3.8, 4) is 0 Å². The Labute approximate surface area is 189 Å². The van der Waals surface area contributed by atoms with E-state index in [0.29, 0.717) is 17.8 Å². The summed E-state index contributed by atoms with van der Waals surface area (Å²) in [6, 6.07) is 16.6. The van der Waals surface area contributed by atoms with Crippen molar-refractivity contribution in [1.82, 2.24) is 5.32 Å². The summed E-state index contributed by atoms with van der Waals surface area (Å²) >= 11 is 0. The minimum Gasteiger partial charge on any atom is -0.349 e. The third kappa shape index (κ3) is 5.55. The van der Waals surface area contributed by atoms with Crippen LogP contribution in [0.4, 0.5) is 11.4 Å². The Kier molecular flexibility index (Phi) is 7.20. The number of hydrogen-bond acceptors (Lipinski definition) is 3. The lowest BCUT2D eigenvalue weighted by Gasteiger charge is -2.21. The second-order valence-corrected chi connectivity index (χ2v) is 8.82. The lowest BCUT2D eigenvalue weighted by molar-refractivity contribution is -0.122. The van der Waals surface area contributed by atoms with Crippen molar-refractivity contribution < 1.29 is 14.4 Å². The maximum Gasteiger partial charge on any atom is 0.251 e. The second-order valence-electron chi connectivity index (χ2n) is 8.82. The molecule has 1 saturated carbocycles. The summed E-state index contributed by atoms with van der Waals surface area (Å²) in [6.45, 7) is 0.372. The van der Waals surface area contributed by atoms with E-state index < -0.39 is 5.92 Å². The van der Waals surface area contributed by atoms with E-state index in [1.165, 1.54) is 32.1 Å². The van der Waals surface area contributed by atoms with E-state index in [-0.39, 0.29) is 30.2 Å². The van der Waals surface area contributed by atoms with Crippen LogP contribution < -0.4 is 15.5 Å². The highest BCUT2D eigenvalue weighted by atomic mass is 16.2. The summed E-state index contributed by atoms with van der Waals surface area (Å²) in [5, 5.41) is 6.05. The normalized spacial score (nSPS) is 19.8. The summed E-state index contributed by atoms with van der Waals surface area (Å²) in [6.07, 6.45) is 8.41. The number of benzene rings is 2. The molecule has 1 unspecified atom stereocenters. The Morgan fingerprint density at radius 3 is 2.19 bits per heavy atom. The summed E-state index contributed by atoms with van der Waals surface area (Å²) in [5.41, 5.74) is 2.03. The third-order valence-corrected chi connectivity index (χ3v) is 6.42. The van der Waals surface area contributed by atoms with Crippen molar-refractivity contribution >= 4 is 29.1 Å². The van der Waals surface area contributed by atoms with Crippen molar-refractivity contribution in [1.29, 1.82) is 0 Å². The Balaban J connectivity index is 1.31. The largest absolute Gasteiger partial charge is 0.349 e. The van der Waals surface area contributed by atoms with Crippen LogP contribution >= 0.6 is 0 Å². The smallest absolute Gasteiger partial charge is 0.251 e. The fraction of sp³-hybridized carbons (Fsp3) is 0.423. The van der Waals surface area contributed by atoms with Gasteiger partial charge in [-0.15, -0.1) is 0 Å². The van der Waals surface area contributed by atoms with E-state index in [9.17, 15) is 14.4 Å². The van der Waals surface area contributed by atoms with Crippen molar-refractivity contribution in [3.05, 3.63) is 60.2 Å². The molecule has 2 aliphatic rings. The maximum atomic E-state index is 12.7. The lowest BCUT2D eigenvalue weighted by Crippen LogP contribution is -2.35. The van der Waals surface area contributed by atoms with Crippen molar-refractivity contribution in [2.24, 2.45) is 5.92 Å². The van der Waals surface area contributed by atoms with Gasteiger partial charge < -0.3 is 15.5 Å². The molecule has 0 spiro atoms. The summed E-state index contributed by atoms with van der Waals surface area (Å²) in [5.74, 6) is -0.681. The minimum atomic E-state index is -0.398. The molecule has 1 aliphatic heterocycles. The van der Waals surface area contributed by atoms with Crippen LogP contribution in [0.3, 0.4) is 0 Å². The fourth-order valence-electron chi connectivity index (χ4n) is 4.56. The van der Waals surface area contributed by atoms with Crippen LogP contribution in [0, 0.1) is 5.92 Å². The lowest BCUT2D eigenvalue weighted by atomic mass is 9.96. The molecule has 0 radical (unpaired) electrons. The first-order valence-corrected chi connectivity index (χ1v) is 11.7. The molecule has 3 amide bonds. The maximum absolute atomic E-state index is 12.7. The quantitative estimate of drug-likeness (QED) is 0.728. The molecule has 168 valence electrons. The number of hydrogen-bond donors (Lipinski definition) is 2. The molecule has 1 atom stereocenters. The Morgan fingerprint density at radius 2 is 1.50 bits per heavy atom. The molecule has 2 aromatic carbocycles. The number of amides is 3. The van der Waals surface area contributed by atoms with Gasteiger partial charge in [-0.25, -0.2) is 0 Å². The van der Waals surface area contributed by atoms with Crippen LogP contribution in [0.1, 0.15) is 61.7 Å². The van der Waals surface area contributed by atoms with Gasteiger partial charge in [-0.3, -0.25) is 14.4 Å². The van der Waals surface area contributed by atoms with Gasteiger partial charge >= 0.3 is 0 Å². The molecule has 4 rings (SSSR count). The van der Waals surface area contributed by atoms with E-state index in [1.54, 1.807) is 29.2 Å². The molecule has 2 aromatic rings. The number of carbonyl (C=O) groups is 3. The zero-order chi connectivity index (χ0) is 22.3. The molecule has 2 fully saturated rings. The number of nitrogens with zero attached hydrogens (tertiary/aromatic N) is 1. The molecule has 1 aliphatic carbocycles. The van der Waals surface area contributed by atoms with Gasteiger partial charge in [0, 0.05) is 35.9 Å². The SMILES string of the molecule is O=C(NC1CCCCCCC1)c1ccc(NC(=O)C2CC(=O)N(c3ccccc3)C2)cc1. The Hall–Kier alpha value is -3.15. The second kappa shape index (κ2) is 10.4. The summed E-state index contributed by atoms with van der Waals surface area (Å²) in [4.78, 5) is 39.4. The van der Waals surface area contributed by atoms with Gasteiger partial charge in [0.25, 0.3) is 5.91 Å². The Morgan fingerprint density at radius 1 is 0.844 bits per heavy atom. The van der Waals surface area contributed by atoms with Gasteiger partial charge in [0.15, 0.2) is 0 Å². The molecular weight excluding hydrogens is 402 g/mol. The molecule has 6 heteroatoms. The molecule has 32 heavy (non-hydrogen) atoms. The predicted molar refractivity (Wildman–Crippen MR) is 126 cm³/mol. The molecule has 0 aromatic heterocycles.